The summed E-state index contributed by atoms with van der Waals surface area (Å²) in [5.41, 5.74) is 7.31. The van der Waals surface area contributed by atoms with Gasteiger partial charge in [-0.1, -0.05) is 52.3 Å². The number of nitrogens with one attached hydrogen (secondary N) is 1. The van der Waals surface area contributed by atoms with Crippen LogP contribution in [-0.2, 0) is 13.1 Å². The van der Waals surface area contributed by atoms with Crippen molar-refractivity contribution in [3.63, 3.8) is 0 Å². The van der Waals surface area contributed by atoms with Crippen molar-refractivity contribution in [1.82, 2.24) is 5.01 Å². The lowest BCUT2D eigenvalue weighted by Crippen LogP contribution is -2.22. The maximum Gasteiger partial charge on any atom is 0.0547 e. The number of hydrogen-bond acceptors (Lipinski definition) is 2. The van der Waals surface area contributed by atoms with Crippen LogP contribution in [-0.4, -0.2) is 5.01 Å². The van der Waals surface area contributed by atoms with Crippen molar-refractivity contribution in [2.75, 3.05) is 5.43 Å². The minimum absolute atomic E-state index is 0.924. The number of benzene rings is 2. The zero-order valence-electron chi connectivity index (χ0n) is 9.36. The third-order valence-electron chi connectivity index (χ3n) is 2.93. The molecular formula is C14H13BrN2. The van der Waals surface area contributed by atoms with Crippen molar-refractivity contribution in [3.05, 3.63) is 64.1 Å². The highest BCUT2D eigenvalue weighted by molar-refractivity contribution is 9.10. The first-order valence-electron chi connectivity index (χ1n) is 5.65. The molecule has 1 aliphatic rings. The van der Waals surface area contributed by atoms with Gasteiger partial charge in [0, 0.05) is 17.6 Å². The summed E-state index contributed by atoms with van der Waals surface area (Å²) in [7, 11) is 0. The molecule has 17 heavy (non-hydrogen) atoms. The first-order valence-corrected chi connectivity index (χ1v) is 6.44. The van der Waals surface area contributed by atoms with Crippen LogP contribution in [0.15, 0.2) is 53.0 Å². The lowest BCUT2D eigenvalue weighted by Gasteiger charge is -2.15. The Labute approximate surface area is 109 Å². The van der Waals surface area contributed by atoms with Gasteiger partial charge < -0.3 is 5.43 Å². The molecule has 0 fully saturated rings. The van der Waals surface area contributed by atoms with Crippen LogP contribution in [0.5, 0.6) is 0 Å². The second-order valence-electron chi connectivity index (χ2n) is 4.25. The Hall–Kier alpha value is -1.32. The number of anilines is 1. The lowest BCUT2D eigenvalue weighted by atomic mass is 10.2. The SMILES string of the molecule is Brc1ccc2c(c1)NN(Cc1ccccc1)C2. The topological polar surface area (TPSA) is 15.3 Å². The smallest absolute Gasteiger partial charge is 0.0547 e. The predicted octanol–water partition coefficient (Wildman–Crippen LogP) is 3.79. The standard InChI is InChI=1S/C14H13BrN2/c15-13-7-6-12-10-17(16-14(12)8-13)9-11-4-2-1-3-5-11/h1-8,16H,9-10H2. The van der Waals surface area contributed by atoms with Gasteiger partial charge in [-0.05, 0) is 23.3 Å². The van der Waals surface area contributed by atoms with E-state index in [4.69, 9.17) is 0 Å². The van der Waals surface area contributed by atoms with E-state index in [0.717, 1.165) is 17.6 Å². The van der Waals surface area contributed by atoms with E-state index >= 15 is 0 Å². The Morgan fingerprint density at radius 1 is 1.12 bits per heavy atom. The fourth-order valence-electron chi connectivity index (χ4n) is 2.11. The molecule has 86 valence electrons. The van der Waals surface area contributed by atoms with Gasteiger partial charge in [-0.25, -0.2) is 5.01 Å². The molecule has 2 aromatic carbocycles. The highest BCUT2D eigenvalue weighted by atomic mass is 79.9. The Morgan fingerprint density at radius 2 is 1.94 bits per heavy atom. The average molecular weight is 289 g/mol. The van der Waals surface area contributed by atoms with Crippen molar-refractivity contribution < 1.29 is 0 Å². The van der Waals surface area contributed by atoms with E-state index in [0.29, 0.717) is 0 Å². The fraction of sp³-hybridized carbons (Fsp3) is 0.143. The maximum absolute atomic E-state index is 3.49. The molecule has 0 spiro atoms. The molecule has 0 aliphatic carbocycles. The van der Waals surface area contributed by atoms with Crippen LogP contribution in [0.2, 0.25) is 0 Å². The monoisotopic (exact) mass is 288 g/mol. The van der Waals surface area contributed by atoms with E-state index in [2.05, 4.69) is 68.8 Å². The van der Waals surface area contributed by atoms with Crippen molar-refractivity contribution >= 4 is 21.6 Å². The third-order valence-corrected chi connectivity index (χ3v) is 3.42. The number of nitrogens with zero attached hydrogens (tertiary/aromatic N) is 1. The molecule has 3 heteroatoms. The fourth-order valence-corrected chi connectivity index (χ4v) is 2.47. The van der Waals surface area contributed by atoms with Gasteiger partial charge in [-0.3, -0.25) is 0 Å². The van der Waals surface area contributed by atoms with Gasteiger partial charge >= 0.3 is 0 Å². The number of hydrazine groups is 1. The molecule has 0 unspecified atom stereocenters. The molecule has 0 saturated carbocycles. The zero-order chi connectivity index (χ0) is 11.7. The molecule has 0 saturated heterocycles. The van der Waals surface area contributed by atoms with E-state index in [9.17, 15) is 0 Å². The summed E-state index contributed by atoms with van der Waals surface area (Å²) >= 11 is 3.49. The van der Waals surface area contributed by atoms with E-state index in [-0.39, 0.29) is 0 Å². The van der Waals surface area contributed by atoms with Gasteiger partial charge in [0.25, 0.3) is 0 Å². The van der Waals surface area contributed by atoms with E-state index in [1.54, 1.807) is 0 Å². The van der Waals surface area contributed by atoms with E-state index in [1.807, 2.05) is 6.07 Å². The van der Waals surface area contributed by atoms with Crippen LogP contribution in [0.3, 0.4) is 0 Å². The first-order chi connectivity index (χ1) is 8.31. The molecule has 2 nitrogen and oxygen atoms in total. The third kappa shape index (κ3) is 2.35. The van der Waals surface area contributed by atoms with E-state index < -0.39 is 0 Å². The predicted molar refractivity (Wildman–Crippen MR) is 73.5 cm³/mol. The Morgan fingerprint density at radius 3 is 2.76 bits per heavy atom. The number of halogens is 1. The summed E-state index contributed by atoms with van der Waals surface area (Å²) in [6.07, 6.45) is 0. The average Bonchev–Trinajstić information content (AvgIpc) is 2.71. The summed E-state index contributed by atoms with van der Waals surface area (Å²) in [6.45, 7) is 1.88. The molecule has 0 aromatic heterocycles. The molecule has 0 bridgehead atoms. The second-order valence-corrected chi connectivity index (χ2v) is 5.17. The summed E-state index contributed by atoms with van der Waals surface area (Å²) < 4.78 is 1.12. The van der Waals surface area contributed by atoms with Crippen molar-refractivity contribution in [3.8, 4) is 0 Å². The van der Waals surface area contributed by atoms with Gasteiger partial charge in [0.05, 0.1) is 5.69 Å². The van der Waals surface area contributed by atoms with Crippen molar-refractivity contribution in [2.24, 2.45) is 0 Å². The highest BCUT2D eigenvalue weighted by Crippen LogP contribution is 2.28. The number of hydrogen-bond donors (Lipinski definition) is 1. The molecule has 0 atom stereocenters. The van der Waals surface area contributed by atoms with Crippen molar-refractivity contribution in [2.45, 2.75) is 13.1 Å². The molecule has 1 N–H and O–H groups in total. The van der Waals surface area contributed by atoms with Gasteiger partial charge in [0.15, 0.2) is 0 Å². The molecular weight excluding hydrogens is 276 g/mol. The largest absolute Gasteiger partial charge is 0.318 e. The quantitative estimate of drug-likeness (QED) is 0.904. The molecule has 0 amide bonds. The Kier molecular flexibility index (Phi) is 2.87. The van der Waals surface area contributed by atoms with Gasteiger partial charge in [-0.15, -0.1) is 0 Å². The minimum atomic E-state index is 0.924. The number of fused-ring (bicyclic) bond motifs is 1. The Balaban J connectivity index is 1.74. The normalized spacial score (nSPS) is 14.4. The van der Waals surface area contributed by atoms with Crippen LogP contribution in [0.1, 0.15) is 11.1 Å². The zero-order valence-corrected chi connectivity index (χ0v) is 10.9. The van der Waals surface area contributed by atoms with Crippen molar-refractivity contribution in [1.29, 1.82) is 0 Å². The van der Waals surface area contributed by atoms with Crippen LogP contribution < -0.4 is 5.43 Å². The molecule has 3 rings (SSSR count). The lowest BCUT2D eigenvalue weighted by molar-refractivity contribution is 0.335. The molecule has 0 radical (unpaired) electrons. The highest BCUT2D eigenvalue weighted by Gasteiger charge is 2.17. The molecule has 1 aliphatic heterocycles. The maximum atomic E-state index is 3.49. The van der Waals surface area contributed by atoms with E-state index in [1.165, 1.54) is 16.8 Å². The van der Waals surface area contributed by atoms with Gasteiger partial charge in [0.1, 0.15) is 0 Å². The van der Waals surface area contributed by atoms with Crippen LogP contribution in [0.4, 0.5) is 5.69 Å². The number of rotatable bonds is 2. The van der Waals surface area contributed by atoms with Crippen LogP contribution in [0, 0.1) is 0 Å². The molecule has 2 aromatic rings. The molecule has 1 heterocycles. The minimum Gasteiger partial charge on any atom is -0.318 e. The van der Waals surface area contributed by atoms with Crippen LogP contribution >= 0.6 is 15.9 Å². The summed E-state index contributed by atoms with van der Waals surface area (Å²) in [4.78, 5) is 0. The summed E-state index contributed by atoms with van der Waals surface area (Å²) in [5.74, 6) is 0. The summed E-state index contributed by atoms with van der Waals surface area (Å²) in [6, 6.07) is 16.9. The first kappa shape index (κ1) is 10.8. The van der Waals surface area contributed by atoms with Crippen LogP contribution in [0.25, 0.3) is 0 Å². The summed E-state index contributed by atoms with van der Waals surface area (Å²) in [5, 5.41) is 2.23. The van der Waals surface area contributed by atoms with Gasteiger partial charge in [0.2, 0.25) is 0 Å². The Bertz CT molecular complexity index is 525. The second kappa shape index (κ2) is 4.51. The van der Waals surface area contributed by atoms with Gasteiger partial charge in [-0.2, -0.15) is 0 Å².